The number of nitrogens with zero attached hydrogens (tertiary/aromatic N) is 4. The summed E-state index contributed by atoms with van der Waals surface area (Å²) < 4.78 is 20.8. The summed E-state index contributed by atoms with van der Waals surface area (Å²) >= 11 is 0. The van der Waals surface area contributed by atoms with E-state index in [1.807, 2.05) is 0 Å². The Kier molecular flexibility index (Phi) is 6.06. The van der Waals surface area contributed by atoms with Gasteiger partial charge in [0.05, 0.1) is 42.1 Å². The Morgan fingerprint density at radius 2 is 2.06 bits per heavy atom. The zero-order valence-electron chi connectivity index (χ0n) is 20.7. The number of aromatic nitrogens is 2. The highest BCUT2D eigenvalue weighted by Gasteiger charge is 2.56. The van der Waals surface area contributed by atoms with Crippen LogP contribution >= 0.6 is 0 Å². The van der Waals surface area contributed by atoms with Gasteiger partial charge >= 0.3 is 0 Å². The minimum absolute atomic E-state index is 0.161. The van der Waals surface area contributed by atoms with E-state index in [0.717, 1.165) is 18.3 Å². The molecule has 0 aliphatic heterocycles. The smallest absolute Gasteiger partial charge is 0.261 e. The highest BCUT2D eigenvalue weighted by Crippen LogP contribution is 2.61. The second-order valence-electron chi connectivity index (χ2n) is 10.5. The molecule has 3 fully saturated rings. The third-order valence-corrected chi connectivity index (χ3v) is 8.41. The zero-order chi connectivity index (χ0) is 24.7. The molecular formula is C28H31FN4O2. The first-order chi connectivity index (χ1) is 16.8. The Labute approximate surface area is 204 Å². The Hall–Kier alpha value is -3.31. The van der Waals surface area contributed by atoms with Gasteiger partial charge < -0.3 is 4.74 Å². The molecule has 1 heterocycles. The predicted molar refractivity (Wildman–Crippen MR) is 135 cm³/mol. The lowest BCUT2D eigenvalue weighted by Crippen LogP contribution is -2.56. The maximum atomic E-state index is 14.2. The molecule has 3 saturated carbocycles. The van der Waals surface area contributed by atoms with E-state index in [4.69, 9.17) is 4.74 Å². The Morgan fingerprint density at radius 1 is 1.23 bits per heavy atom. The molecule has 182 valence electrons. The average molecular weight is 475 g/mol. The number of hydrogen-bond donors (Lipinski definition) is 0. The van der Waals surface area contributed by atoms with Crippen molar-refractivity contribution in [1.82, 2.24) is 9.55 Å². The fourth-order valence-electron chi connectivity index (χ4n) is 5.93. The van der Waals surface area contributed by atoms with Crippen molar-refractivity contribution in [2.24, 2.45) is 33.2 Å². The van der Waals surface area contributed by atoms with Gasteiger partial charge in [-0.25, -0.2) is 14.4 Å². The summed E-state index contributed by atoms with van der Waals surface area (Å²) in [5.74, 6) is 2.13. The zero-order valence-corrected chi connectivity index (χ0v) is 20.7. The van der Waals surface area contributed by atoms with Gasteiger partial charge in [-0.3, -0.25) is 9.36 Å². The number of methoxy groups -OCH3 is 1. The lowest BCUT2D eigenvalue weighted by Gasteiger charge is -2.61. The van der Waals surface area contributed by atoms with Crippen LogP contribution in [0, 0.1) is 29.0 Å². The molecule has 35 heavy (non-hydrogen) atoms. The molecule has 1 aromatic heterocycles. The third-order valence-electron chi connectivity index (χ3n) is 8.41. The van der Waals surface area contributed by atoms with Gasteiger partial charge in [-0.05, 0) is 72.3 Å². The van der Waals surface area contributed by atoms with Crippen molar-refractivity contribution in [3.8, 4) is 5.75 Å². The number of benzene rings is 2. The van der Waals surface area contributed by atoms with Crippen LogP contribution in [0.2, 0.25) is 0 Å². The lowest BCUT2D eigenvalue weighted by molar-refractivity contribution is -0.108. The largest absolute Gasteiger partial charge is 0.497 e. The predicted octanol–water partition coefficient (Wildman–Crippen LogP) is 5.66. The molecule has 0 N–H and O–H groups in total. The van der Waals surface area contributed by atoms with E-state index >= 15 is 0 Å². The lowest BCUT2D eigenvalue weighted by atomic mass is 9.45. The van der Waals surface area contributed by atoms with Crippen LogP contribution in [0.1, 0.15) is 39.2 Å². The number of ether oxygens (including phenoxy) is 1. The fraction of sp³-hybridized carbons (Fsp3) is 0.464. The summed E-state index contributed by atoms with van der Waals surface area (Å²) in [6, 6.07) is 13.2. The maximum Gasteiger partial charge on any atom is 0.261 e. The van der Waals surface area contributed by atoms with Gasteiger partial charge in [-0.15, -0.1) is 0 Å². The normalized spacial score (nSPS) is 24.4. The highest BCUT2D eigenvalue weighted by atomic mass is 19.1. The van der Waals surface area contributed by atoms with Crippen LogP contribution in [0.3, 0.4) is 0 Å². The van der Waals surface area contributed by atoms with Crippen LogP contribution in [0.25, 0.3) is 10.9 Å². The number of aryl methyl sites for hydroxylation is 2. The summed E-state index contributed by atoms with van der Waals surface area (Å²) in [6.07, 6.45) is 4.30. The summed E-state index contributed by atoms with van der Waals surface area (Å²) in [5.41, 5.74) is 2.03. The quantitative estimate of drug-likeness (QED) is 0.433. The molecule has 0 saturated heterocycles. The van der Waals surface area contributed by atoms with E-state index in [1.165, 1.54) is 30.5 Å². The van der Waals surface area contributed by atoms with Crippen molar-refractivity contribution in [2.75, 3.05) is 7.11 Å². The van der Waals surface area contributed by atoms with E-state index in [2.05, 4.69) is 41.7 Å². The Balaban J connectivity index is 1.29. The first-order valence-electron chi connectivity index (χ1n) is 12.2. The second-order valence-corrected chi connectivity index (χ2v) is 10.5. The number of aliphatic imine (C=N–C) groups is 2. The SMILES string of the molecule is COc1ccc(CCn2cnc3cc(N=C=NC4CC5CC(C4C)C5(C)C)ccc3c2=O)c(F)c1. The maximum absolute atomic E-state index is 14.2. The monoisotopic (exact) mass is 474 g/mol. The number of fused-ring (bicyclic) bond motifs is 3. The first-order valence-corrected chi connectivity index (χ1v) is 12.2. The van der Waals surface area contributed by atoms with Gasteiger partial charge in [0.2, 0.25) is 0 Å². The van der Waals surface area contributed by atoms with Crippen LogP contribution in [0.5, 0.6) is 5.75 Å². The number of hydrogen-bond acceptors (Lipinski definition) is 5. The van der Waals surface area contributed by atoms with Crippen LogP contribution in [-0.2, 0) is 13.0 Å². The fourth-order valence-corrected chi connectivity index (χ4v) is 5.93. The van der Waals surface area contributed by atoms with Gasteiger partial charge in [-0.1, -0.05) is 26.8 Å². The molecule has 0 spiro atoms. The van der Waals surface area contributed by atoms with E-state index in [0.29, 0.717) is 52.2 Å². The van der Waals surface area contributed by atoms with Crippen LogP contribution in [0.15, 0.2) is 57.5 Å². The molecule has 0 amide bonds. The topological polar surface area (TPSA) is 68.8 Å². The second kappa shape index (κ2) is 9.04. The van der Waals surface area contributed by atoms with Crippen molar-refractivity contribution in [3.05, 3.63) is 64.5 Å². The van der Waals surface area contributed by atoms with E-state index in [1.54, 1.807) is 30.3 Å². The standard InChI is InChI=1S/C28H31FN4O2/c1-17-23-11-19(28(23,2)3)12-25(17)31-15-30-20-6-8-22-26(13-20)32-16-33(27(22)34)10-9-18-5-7-21(35-4)14-24(18)29/h5-8,13-14,16-17,19,23,25H,9-12H2,1-4H3. The molecule has 7 heteroatoms. The van der Waals surface area contributed by atoms with Crippen LogP contribution < -0.4 is 10.3 Å². The molecule has 3 aliphatic carbocycles. The summed E-state index contributed by atoms with van der Waals surface area (Å²) in [5, 5.41) is 0.502. The molecule has 2 aromatic carbocycles. The molecule has 2 bridgehead atoms. The van der Waals surface area contributed by atoms with E-state index in [-0.39, 0.29) is 17.4 Å². The number of halogens is 1. The van der Waals surface area contributed by atoms with Crippen molar-refractivity contribution < 1.29 is 9.13 Å². The van der Waals surface area contributed by atoms with Crippen molar-refractivity contribution in [2.45, 2.75) is 52.6 Å². The van der Waals surface area contributed by atoms with Gasteiger partial charge in [0.1, 0.15) is 11.6 Å². The Bertz CT molecular complexity index is 1390. The van der Waals surface area contributed by atoms with Gasteiger partial charge in [0.25, 0.3) is 5.56 Å². The molecule has 6 nitrogen and oxygen atoms in total. The molecule has 3 aliphatic rings. The molecular weight excluding hydrogens is 443 g/mol. The third kappa shape index (κ3) is 4.30. The van der Waals surface area contributed by atoms with Gasteiger partial charge in [0, 0.05) is 12.6 Å². The van der Waals surface area contributed by atoms with Crippen molar-refractivity contribution in [3.63, 3.8) is 0 Å². The van der Waals surface area contributed by atoms with Crippen LogP contribution in [0.4, 0.5) is 10.1 Å². The molecule has 3 aromatic rings. The van der Waals surface area contributed by atoms with Crippen molar-refractivity contribution in [1.29, 1.82) is 0 Å². The molecule has 6 rings (SSSR count). The van der Waals surface area contributed by atoms with E-state index in [9.17, 15) is 9.18 Å². The molecule has 0 radical (unpaired) electrons. The molecule has 4 unspecified atom stereocenters. The number of rotatable bonds is 6. The molecule has 4 atom stereocenters. The summed E-state index contributed by atoms with van der Waals surface area (Å²) in [4.78, 5) is 26.4. The van der Waals surface area contributed by atoms with Gasteiger partial charge in [0.15, 0.2) is 0 Å². The van der Waals surface area contributed by atoms with Crippen LogP contribution in [-0.4, -0.2) is 28.7 Å². The van der Waals surface area contributed by atoms with E-state index < -0.39 is 0 Å². The summed E-state index contributed by atoms with van der Waals surface area (Å²) in [7, 11) is 1.50. The first kappa shape index (κ1) is 23.4. The Morgan fingerprint density at radius 3 is 2.77 bits per heavy atom. The minimum atomic E-state index is -0.348. The average Bonchev–Trinajstić information content (AvgIpc) is 2.84. The van der Waals surface area contributed by atoms with Crippen molar-refractivity contribution >= 4 is 22.6 Å². The highest BCUT2D eigenvalue weighted by molar-refractivity contribution is 5.81. The summed E-state index contributed by atoms with van der Waals surface area (Å²) in [6.45, 7) is 7.38. The van der Waals surface area contributed by atoms with Gasteiger partial charge in [-0.2, -0.15) is 4.99 Å². The minimum Gasteiger partial charge on any atom is -0.497 e.